The van der Waals surface area contributed by atoms with Crippen molar-refractivity contribution in [2.75, 3.05) is 0 Å². The molecule has 84 valence electrons. The van der Waals surface area contributed by atoms with Crippen LogP contribution in [0.25, 0.3) is 10.9 Å². The van der Waals surface area contributed by atoms with E-state index in [2.05, 4.69) is 14.3 Å². The van der Waals surface area contributed by atoms with Gasteiger partial charge < -0.3 is 0 Å². The van der Waals surface area contributed by atoms with Gasteiger partial charge in [-0.3, -0.25) is 4.98 Å². The first-order valence-corrected chi connectivity index (χ1v) is 7.33. The van der Waals surface area contributed by atoms with Crippen LogP contribution < -0.4 is 4.67 Å². The first kappa shape index (κ1) is 10.8. The van der Waals surface area contributed by atoms with Crippen molar-refractivity contribution in [3.63, 3.8) is 0 Å². The normalized spacial score (nSPS) is 12.2. The largest absolute Gasteiger partial charge is 0.256 e. The van der Waals surface area contributed by atoms with Crippen LogP contribution in [0, 0.1) is 0 Å². The predicted molar refractivity (Wildman–Crippen MR) is 72.0 cm³/mol. The molecule has 0 aliphatic heterocycles. The lowest BCUT2D eigenvalue weighted by Crippen LogP contribution is -1.92. The van der Waals surface area contributed by atoms with Gasteiger partial charge in [0.2, 0.25) is 0 Å². The van der Waals surface area contributed by atoms with Crippen molar-refractivity contribution in [2.24, 2.45) is 4.99 Å². The molecule has 0 bridgehead atoms. The lowest BCUT2D eigenvalue weighted by Gasteiger charge is -1.99. The van der Waals surface area contributed by atoms with Crippen LogP contribution >= 0.6 is 32.5 Å². The zero-order chi connectivity index (χ0) is 11.7. The number of benzene rings is 1. The lowest BCUT2D eigenvalue weighted by molar-refractivity contribution is 1.37. The molecule has 0 spiro atoms. The van der Waals surface area contributed by atoms with Crippen LogP contribution in [0.4, 0.5) is 5.69 Å². The van der Waals surface area contributed by atoms with Crippen LogP contribution in [0.15, 0.2) is 41.5 Å². The summed E-state index contributed by atoms with van der Waals surface area (Å²) in [7, 11) is 2.81. The summed E-state index contributed by atoms with van der Waals surface area (Å²) in [6.07, 6.45) is 1.77. The highest BCUT2D eigenvalue weighted by atomic mass is 35.5. The monoisotopic (exact) mass is 279 g/mol. The van der Waals surface area contributed by atoms with Crippen molar-refractivity contribution in [3.05, 3.63) is 46.4 Å². The molecule has 2 aromatic heterocycles. The zero-order valence-electron chi connectivity index (χ0n) is 8.50. The first-order chi connectivity index (χ1) is 8.34. The Hall–Kier alpha value is -1.30. The van der Waals surface area contributed by atoms with Gasteiger partial charge in [-0.25, -0.2) is 4.99 Å². The molecule has 2 heterocycles. The Labute approximate surface area is 110 Å². The highest BCUT2D eigenvalue weighted by Gasteiger charge is 2.01. The van der Waals surface area contributed by atoms with E-state index in [0.717, 1.165) is 21.3 Å². The zero-order valence-corrected chi connectivity index (χ0v) is 10.9. The van der Waals surface area contributed by atoms with Crippen molar-refractivity contribution in [1.29, 1.82) is 0 Å². The van der Waals surface area contributed by atoms with Gasteiger partial charge in [0, 0.05) is 22.1 Å². The van der Waals surface area contributed by atoms with E-state index < -0.39 is 0 Å². The van der Waals surface area contributed by atoms with Crippen LogP contribution in [0.5, 0.6) is 0 Å². The van der Waals surface area contributed by atoms with E-state index in [1.807, 2.05) is 30.3 Å². The highest BCUT2D eigenvalue weighted by Crippen LogP contribution is 2.24. The van der Waals surface area contributed by atoms with Crippen LogP contribution in [-0.2, 0) is 0 Å². The molecule has 0 amide bonds. The standard InChI is InChI=1S/C11H6ClN3S2/c12-10-11(16-17-15-10)14-9-5-1-4-8-7(9)3-2-6-13-8/h1-6H. The molecule has 0 saturated heterocycles. The minimum atomic E-state index is 0.459. The molecule has 3 aromatic rings. The van der Waals surface area contributed by atoms with Gasteiger partial charge in [-0.05, 0) is 34.6 Å². The van der Waals surface area contributed by atoms with Gasteiger partial charge in [0.15, 0.2) is 9.82 Å². The molecular formula is C11H6ClN3S2. The molecule has 6 heteroatoms. The number of hydrogen-bond donors (Lipinski definition) is 0. The number of fused-ring (bicyclic) bond motifs is 1. The van der Waals surface area contributed by atoms with E-state index >= 15 is 0 Å². The number of pyridine rings is 1. The summed E-state index contributed by atoms with van der Waals surface area (Å²) in [6, 6.07) is 9.75. The predicted octanol–water partition coefficient (Wildman–Crippen LogP) is 3.64. The molecule has 0 aliphatic carbocycles. The van der Waals surface area contributed by atoms with Crippen molar-refractivity contribution >= 4 is 49.1 Å². The van der Waals surface area contributed by atoms with Gasteiger partial charge >= 0.3 is 0 Å². The van der Waals surface area contributed by atoms with Gasteiger partial charge in [-0.2, -0.15) is 4.37 Å². The Morgan fingerprint density at radius 3 is 2.94 bits per heavy atom. The van der Waals surface area contributed by atoms with Crippen molar-refractivity contribution < 1.29 is 0 Å². The third kappa shape index (κ3) is 2.09. The van der Waals surface area contributed by atoms with E-state index in [4.69, 9.17) is 11.6 Å². The summed E-state index contributed by atoms with van der Waals surface area (Å²) >= 11 is 5.94. The van der Waals surface area contributed by atoms with Gasteiger partial charge in [0.05, 0.1) is 11.2 Å². The molecule has 0 fully saturated rings. The molecule has 1 aromatic carbocycles. The second-order valence-corrected chi connectivity index (χ2v) is 5.49. The summed E-state index contributed by atoms with van der Waals surface area (Å²) < 4.78 is 4.75. The Bertz CT molecular complexity index is 727. The Kier molecular flexibility index (Phi) is 2.88. The quantitative estimate of drug-likeness (QED) is 0.638. The number of aromatic nitrogens is 2. The second kappa shape index (κ2) is 4.52. The Morgan fingerprint density at radius 2 is 2.12 bits per heavy atom. The number of hydrogen-bond acceptors (Lipinski definition) is 5. The van der Waals surface area contributed by atoms with Crippen LogP contribution in [-0.4, -0.2) is 9.36 Å². The van der Waals surface area contributed by atoms with Gasteiger partial charge in [-0.1, -0.05) is 17.7 Å². The van der Waals surface area contributed by atoms with E-state index in [1.165, 1.54) is 20.9 Å². The first-order valence-electron chi connectivity index (χ1n) is 4.84. The number of rotatable bonds is 1. The fourth-order valence-corrected chi connectivity index (χ4v) is 3.50. The maximum absolute atomic E-state index is 5.94. The molecule has 3 rings (SSSR count). The average molecular weight is 280 g/mol. The SMILES string of the molecule is Clc1nssc1=Nc1cccc2ncccc12. The molecule has 0 saturated carbocycles. The molecule has 0 unspecified atom stereocenters. The molecule has 17 heavy (non-hydrogen) atoms. The summed E-state index contributed by atoms with van der Waals surface area (Å²) in [5.74, 6) is 0. The van der Waals surface area contributed by atoms with E-state index in [-0.39, 0.29) is 0 Å². The Morgan fingerprint density at radius 1 is 1.18 bits per heavy atom. The van der Waals surface area contributed by atoms with Crippen LogP contribution in [0.2, 0.25) is 5.15 Å². The molecular weight excluding hydrogens is 274 g/mol. The third-order valence-corrected chi connectivity index (χ3v) is 4.43. The average Bonchev–Trinajstić information content (AvgIpc) is 2.76. The van der Waals surface area contributed by atoms with Crippen LogP contribution in [0.3, 0.4) is 0 Å². The highest BCUT2D eigenvalue weighted by molar-refractivity contribution is 7.66. The fraction of sp³-hybridized carbons (Fsp3) is 0. The maximum Gasteiger partial charge on any atom is 0.179 e. The lowest BCUT2D eigenvalue weighted by atomic mass is 10.2. The minimum absolute atomic E-state index is 0.459. The van der Waals surface area contributed by atoms with E-state index in [1.54, 1.807) is 6.20 Å². The Balaban J connectivity index is 2.29. The number of halogens is 1. The smallest absolute Gasteiger partial charge is 0.179 e. The maximum atomic E-state index is 5.94. The third-order valence-electron chi connectivity index (χ3n) is 2.25. The fourth-order valence-electron chi connectivity index (χ4n) is 1.52. The summed E-state index contributed by atoms with van der Waals surface area (Å²) in [6.45, 7) is 0. The summed E-state index contributed by atoms with van der Waals surface area (Å²) in [4.78, 5) is 8.81. The summed E-state index contributed by atoms with van der Waals surface area (Å²) in [5.41, 5.74) is 1.80. The van der Waals surface area contributed by atoms with E-state index in [9.17, 15) is 0 Å². The van der Waals surface area contributed by atoms with Crippen molar-refractivity contribution in [2.45, 2.75) is 0 Å². The number of nitrogens with zero attached hydrogens (tertiary/aromatic N) is 3. The molecule has 3 nitrogen and oxygen atoms in total. The minimum Gasteiger partial charge on any atom is -0.256 e. The van der Waals surface area contributed by atoms with Crippen molar-refractivity contribution in [3.8, 4) is 0 Å². The van der Waals surface area contributed by atoms with E-state index in [0.29, 0.717) is 5.15 Å². The van der Waals surface area contributed by atoms with Gasteiger partial charge in [-0.15, -0.1) is 0 Å². The second-order valence-electron chi connectivity index (χ2n) is 3.30. The molecule has 0 N–H and O–H groups in total. The molecule has 0 aliphatic rings. The van der Waals surface area contributed by atoms with Gasteiger partial charge in [0.25, 0.3) is 0 Å². The van der Waals surface area contributed by atoms with Gasteiger partial charge in [0.1, 0.15) is 0 Å². The van der Waals surface area contributed by atoms with Crippen LogP contribution in [0.1, 0.15) is 0 Å². The topological polar surface area (TPSA) is 38.1 Å². The molecule has 0 radical (unpaired) electrons. The molecule has 0 atom stereocenters. The summed E-state index contributed by atoms with van der Waals surface area (Å²) in [5, 5.41) is 1.48. The van der Waals surface area contributed by atoms with Crippen molar-refractivity contribution in [1.82, 2.24) is 9.36 Å².